The van der Waals surface area contributed by atoms with Crippen LogP contribution in [0, 0.1) is 0 Å². The number of aromatic nitrogens is 2. The van der Waals surface area contributed by atoms with E-state index in [0.717, 1.165) is 21.8 Å². The zero-order valence-corrected chi connectivity index (χ0v) is 16.1. The average Bonchev–Trinajstić information content (AvgIpc) is 3.17. The summed E-state index contributed by atoms with van der Waals surface area (Å²) >= 11 is 1.60. The highest BCUT2D eigenvalue weighted by molar-refractivity contribution is 7.09. The van der Waals surface area contributed by atoms with Crippen LogP contribution in [0.1, 0.15) is 10.6 Å². The Kier molecular flexibility index (Phi) is 6.38. The van der Waals surface area contributed by atoms with Crippen LogP contribution in [0.4, 0.5) is 0 Å². The highest BCUT2D eigenvalue weighted by atomic mass is 32.1. The molecular formula is C20H21N3O3S. The first-order chi connectivity index (χ1) is 13.2. The fourth-order valence-electron chi connectivity index (χ4n) is 2.63. The largest absolute Gasteiger partial charge is 0.493 e. The molecule has 0 aliphatic heterocycles. The Labute approximate surface area is 162 Å². The Morgan fingerprint density at radius 3 is 2.63 bits per heavy atom. The minimum Gasteiger partial charge on any atom is -0.493 e. The predicted octanol–water partition coefficient (Wildman–Crippen LogP) is 3.12. The number of carbonyl (C=O) groups excluding carboxylic acids is 1. The van der Waals surface area contributed by atoms with E-state index >= 15 is 0 Å². The van der Waals surface area contributed by atoms with E-state index in [4.69, 9.17) is 9.47 Å². The van der Waals surface area contributed by atoms with Crippen LogP contribution < -0.4 is 14.8 Å². The summed E-state index contributed by atoms with van der Waals surface area (Å²) in [6, 6.07) is 9.36. The average molecular weight is 383 g/mol. The zero-order chi connectivity index (χ0) is 19.1. The second kappa shape index (κ2) is 9.14. The first-order valence-electron chi connectivity index (χ1n) is 8.52. The molecule has 1 aromatic carbocycles. The molecule has 0 fully saturated rings. The van der Waals surface area contributed by atoms with Crippen molar-refractivity contribution in [3.05, 3.63) is 58.7 Å². The van der Waals surface area contributed by atoms with E-state index < -0.39 is 0 Å². The van der Waals surface area contributed by atoms with E-state index in [-0.39, 0.29) is 5.91 Å². The Balaban J connectivity index is 1.49. The van der Waals surface area contributed by atoms with E-state index in [1.165, 1.54) is 0 Å². The van der Waals surface area contributed by atoms with E-state index in [1.807, 2.05) is 29.6 Å². The third kappa shape index (κ3) is 5.04. The van der Waals surface area contributed by atoms with Crippen molar-refractivity contribution in [2.75, 3.05) is 20.8 Å². The number of carbonyl (C=O) groups is 1. The maximum absolute atomic E-state index is 12.2. The van der Waals surface area contributed by atoms with Gasteiger partial charge in [-0.05, 0) is 29.8 Å². The van der Waals surface area contributed by atoms with Crippen LogP contribution in [-0.2, 0) is 17.6 Å². The summed E-state index contributed by atoms with van der Waals surface area (Å²) < 4.78 is 10.5. The molecule has 0 atom stereocenters. The molecule has 0 saturated carbocycles. The van der Waals surface area contributed by atoms with Gasteiger partial charge in [0, 0.05) is 36.3 Å². The summed E-state index contributed by atoms with van der Waals surface area (Å²) in [6.07, 6.45) is 4.50. The van der Waals surface area contributed by atoms with Crippen LogP contribution in [-0.4, -0.2) is 36.6 Å². The molecule has 2 heterocycles. The lowest BCUT2D eigenvalue weighted by Gasteiger charge is -2.09. The van der Waals surface area contributed by atoms with Gasteiger partial charge in [-0.1, -0.05) is 6.07 Å². The maximum Gasteiger partial charge on any atom is 0.224 e. The van der Waals surface area contributed by atoms with Crippen molar-refractivity contribution in [3.8, 4) is 22.8 Å². The van der Waals surface area contributed by atoms with Crippen LogP contribution >= 0.6 is 11.3 Å². The fraction of sp³-hybridized carbons (Fsp3) is 0.250. The van der Waals surface area contributed by atoms with Gasteiger partial charge in [-0.25, -0.2) is 4.98 Å². The van der Waals surface area contributed by atoms with E-state index in [9.17, 15) is 4.79 Å². The normalized spacial score (nSPS) is 10.4. The van der Waals surface area contributed by atoms with Gasteiger partial charge in [-0.2, -0.15) is 0 Å². The molecule has 0 radical (unpaired) electrons. The van der Waals surface area contributed by atoms with Crippen molar-refractivity contribution < 1.29 is 14.3 Å². The first-order valence-corrected chi connectivity index (χ1v) is 9.40. The molecule has 1 N–H and O–H groups in total. The van der Waals surface area contributed by atoms with Gasteiger partial charge in [0.15, 0.2) is 11.5 Å². The lowest BCUT2D eigenvalue weighted by Crippen LogP contribution is -2.27. The Bertz CT molecular complexity index is 896. The van der Waals surface area contributed by atoms with E-state index in [0.29, 0.717) is 30.9 Å². The number of hydrogen-bond donors (Lipinski definition) is 1. The van der Waals surface area contributed by atoms with Crippen LogP contribution in [0.5, 0.6) is 11.5 Å². The zero-order valence-electron chi connectivity index (χ0n) is 15.3. The molecule has 3 rings (SSSR count). The molecular weight excluding hydrogens is 362 g/mol. The lowest BCUT2D eigenvalue weighted by atomic mass is 10.1. The number of rotatable bonds is 8. The molecule has 0 saturated heterocycles. The van der Waals surface area contributed by atoms with Crippen molar-refractivity contribution in [2.24, 2.45) is 0 Å². The van der Waals surface area contributed by atoms with Crippen molar-refractivity contribution in [3.63, 3.8) is 0 Å². The van der Waals surface area contributed by atoms with Gasteiger partial charge >= 0.3 is 0 Å². The number of ether oxygens (including phenoxy) is 2. The highest BCUT2D eigenvalue weighted by Crippen LogP contribution is 2.27. The number of thiazole rings is 1. The topological polar surface area (TPSA) is 73.3 Å². The molecule has 0 aliphatic rings. The number of hydrogen-bond acceptors (Lipinski definition) is 6. The minimum absolute atomic E-state index is 0.0341. The number of methoxy groups -OCH3 is 2. The van der Waals surface area contributed by atoms with E-state index in [1.54, 1.807) is 44.0 Å². The second-order valence-corrected chi connectivity index (χ2v) is 6.77. The van der Waals surface area contributed by atoms with Crippen LogP contribution in [0.2, 0.25) is 0 Å². The van der Waals surface area contributed by atoms with Gasteiger partial charge in [0.2, 0.25) is 5.91 Å². The van der Waals surface area contributed by atoms with Gasteiger partial charge in [0.25, 0.3) is 0 Å². The molecule has 140 valence electrons. The minimum atomic E-state index is -0.0341. The summed E-state index contributed by atoms with van der Waals surface area (Å²) in [5.74, 6) is 1.23. The molecule has 6 nitrogen and oxygen atoms in total. The standard InChI is InChI=1S/C20H21N3O3S/c1-25-17-4-3-14(11-18(17)26-2)12-19(24)22-10-7-20-23-16(13-27-20)15-5-8-21-9-6-15/h3-6,8-9,11,13H,7,10,12H2,1-2H3,(H,22,24). The third-order valence-corrected chi connectivity index (χ3v) is 4.91. The van der Waals surface area contributed by atoms with Crippen molar-refractivity contribution in [1.29, 1.82) is 0 Å². The SMILES string of the molecule is COc1ccc(CC(=O)NCCc2nc(-c3ccncc3)cs2)cc1OC. The van der Waals surface area contributed by atoms with Gasteiger partial charge in [0.1, 0.15) is 0 Å². The van der Waals surface area contributed by atoms with E-state index in [2.05, 4.69) is 15.3 Å². The number of benzene rings is 1. The molecule has 0 bridgehead atoms. The Morgan fingerprint density at radius 2 is 1.89 bits per heavy atom. The summed E-state index contributed by atoms with van der Waals surface area (Å²) in [5, 5.41) is 5.96. The van der Waals surface area contributed by atoms with Gasteiger partial charge in [-0.15, -0.1) is 11.3 Å². The summed E-state index contributed by atoms with van der Waals surface area (Å²) in [4.78, 5) is 20.8. The number of pyridine rings is 1. The quantitative estimate of drug-likeness (QED) is 0.647. The molecule has 0 spiro atoms. The molecule has 3 aromatic rings. The Morgan fingerprint density at radius 1 is 1.11 bits per heavy atom. The number of amides is 1. The smallest absolute Gasteiger partial charge is 0.224 e. The molecule has 1 amide bonds. The van der Waals surface area contributed by atoms with Gasteiger partial charge < -0.3 is 14.8 Å². The summed E-state index contributed by atoms with van der Waals surface area (Å²) in [7, 11) is 3.17. The van der Waals surface area contributed by atoms with Crippen molar-refractivity contribution >= 4 is 17.2 Å². The predicted molar refractivity (Wildman–Crippen MR) is 105 cm³/mol. The van der Waals surface area contributed by atoms with Gasteiger partial charge in [0.05, 0.1) is 31.3 Å². The molecule has 0 aliphatic carbocycles. The Hall–Kier alpha value is -2.93. The lowest BCUT2D eigenvalue weighted by molar-refractivity contribution is -0.120. The monoisotopic (exact) mass is 383 g/mol. The van der Waals surface area contributed by atoms with Crippen LogP contribution in [0.25, 0.3) is 11.3 Å². The van der Waals surface area contributed by atoms with Crippen LogP contribution in [0.3, 0.4) is 0 Å². The second-order valence-electron chi connectivity index (χ2n) is 5.83. The van der Waals surface area contributed by atoms with Crippen molar-refractivity contribution in [1.82, 2.24) is 15.3 Å². The highest BCUT2D eigenvalue weighted by Gasteiger charge is 2.09. The number of nitrogens with one attached hydrogen (secondary N) is 1. The number of nitrogens with zero attached hydrogens (tertiary/aromatic N) is 2. The summed E-state index contributed by atoms with van der Waals surface area (Å²) in [5.41, 5.74) is 2.86. The van der Waals surface area contributed by atoms with Crippen molar-refractivity contribution in [2.45, 2.75) is 12.8 Å². The molecule has 27 heavy (non-hydrogen) atoms. The third-order valence-electron chi connectivity index (χ3n) is 4.00. The fourth-order valence-corrected chi connectivity index (χ4v) is 3.44. The van der Waals surface area contributed by atoms with Crippen LogP contribution in [0.15, 0.2) is 48.1 Å². The molecule has 2 aromatic heterocycles. The first kappa shape index (κ1) is 18.8. The maximum atomic E-state index is 12.2. The van der Waals surface area contributed by atoms with Gasteiger partial charge in [-0.3, -0.25) is 9.78 Å². The molecule has 7 heteroatoms. The molecule has 0 unspecified atom stereocenters. The summed E-state index contributed by atoms with van der Waals surface area (Å²) in [6.45, 7) is 0.551.